The SMILES string of the molecule is COc1ccc(-c2ncc(CO)[nH]2)c(Cl)c1OC. The van der Waals surface area contributed by atoms with E-state index in [0.717, 1.165) is 0 Å². The van der Waals surface area contributed by atoms with Crippen molar-refractivity contribution in [1.82, 2.24) is 9.97 Å². The maximum Gasteiger partial charge on any atom is 0.180 e. The van der Waals surface area contributed by atoms with Gasteiger partial charge in [0.25, 0.3) is 0 Å². The van der Waals surface area contributed by atoms with Gasteiger partial charge >= 0.3 is 0 Å². The van der Waals surface area contributed by atoms with Gasteiger partial charge in [0.15, 0.2) is 11.5 Å². The number of aromatic nitrogens is 2. The van der Waals surface area contributed by atoms with E-state index in [0.29, 0.717) is 33.6 Å². The van der Waals surface area contributed by atoms with Crippen LogP contribution >= 0.6 is 11.6 Å². The lowest BCUT2D eigenvalue weighted by Crippen LogP contribution is -1.93. The molecule has 0 aliphatic carbocycles. The molecule has 0 aliphatic heterocycles. The van der Waals surface area contributed by atoms with Crippen LogP contribution < -0.4 is 9.47 Å². The molecule has 6 heteroatoms. The summed E-state index contributed by atoms with van der Waals surface area (Å²) in [6.45, 7) is -0.0993. The van der Waals surface area contributed by atoms with Crippen molar-refractivity contribution in [2.45, 2.75) is 6.61 Å². The molecule has 18 heavy (non-hydrogen) atoms. The molecule has 1 aromatic carbocycles. The minimum Gasteiger partial charge on any atom is -0.493 e. The summed E-state index contributed by atoms with van der Waals surface area (Å²) in [5.74, 6) is 1.59. The number of aliphatic hydroxyl groups excluding tert-OH is 1. The summed E-state index contributed by atoms with van der Waals surface area (Å²) < 4.78 is 10.4. The van der Waals surface area contributed by atoms with Gasteiger partial charge in [-0.2, -0.15) is 0 Å². The Morgan fingerprint density at radius 3 is 2.67 bits per heavy atom. The normalized spacial score (nSPS) is 10.4. The molecule has 2 aromatic rings. The van der Waals surface area contributed by atoms with E-state index in [1.54, 1.807) is 25.4 Å². The van der Waals surface area contributed by atoms with Crippen molar-refractivity contribution in [3.63, 3.8) is 0 Å². The van der Waals surface area contributed by atoms with Crippen LogP contribution in [-0.2, 0) is 6.61 Å². The van der Waals surface area contributed by atoms with Crippen molar-refractivity contribution >= 4 is 11.6 Å². The van der Waals surface area contributed by atoms with E-state index in [9.17, 15) is 0 Å². The summed E-state index contributed by atoms with van der Waals surface area (Å²) in [6, 6.07) is 3.53. The third-order valence-electron chi connectivity index (χ3n) is 2.54. The van der Waals surface area contributed by atoms with Crippen molar-refractivity contribution in [2.75, 3.05) is 14.2 Å². The highest BCUT2D eigenvalue weighted by molar-refractivity contribution is 6.35. The Morgan fingerprint density at radius 1 is 1.33 bits per heavy atom. The molecule has 0 spiro atoms. The minimum atomic E-state index is -0.0993. The molecule has 2 rings (SSSR count). The fourth-order valence-electron chi connectivity index (χ4n) is 1.65. The van der Waals surface area contributed by atoms with Gasteiger partial charge in [0.1, 0.15) is 5.82 Å². The van der Waals surface area contributed by atoms with Crippen LogP contribution in [0, 0.1) is 0 Å². The molecular weight excluding hydrogens is 256 g/mol. The van der Waals surface area contributed by atoms with Gasteiger partial charge in [-0.25, -0.2) is 4.98 Å². The number of H-pyrrole nitrogens is 1. The average Bonchev–Trinajstić information content (AvgIpc) is 2.86. The lowest BCUT2D eigenvalue weighted by atomic mass is 10.2. The van der Waals surface area contributed by atoms with Gasteiger partial charge < -0.3 is 19.6 Å². The molecule has 2 N–H and O–H groups in total. The third kappa shape index (κ3) is 2.14. The zero-order chi connectivity index (χ0) is 13.1. The molecule has 0 saturated carbocycles. The summed E-state index contributed by atoms with van der Waals surface area (Å²) in [4.78, 5) is 7.12. The number of hydrogen-bond donors (Lipinski definition) is 2. The molecule has 0 amide bonds. The molecule has 0 unspecified atom stereocenters. The predicted octanol–water partition coefficient (Wildman–Crippen LogP) is 2.24. The van der Waals surface area contributed by atoms with Crippen LogP contribution in [0.25, 0.3) is 11.4 Å². The zero-order valence-electron chi connectivity index (χ0n) is 10.0. The number of methoxy groups -OCH3 is 2. The van der Waals surface area contributed by atoms with Crippen molar-refractivity contribution in [3.8, 4) is 22.9 Å². The Kier molecular flexibility index (Phi) is 3.74. The summed E-state index contributed by atoms with van der Waals surface area (Å²) in [5, 5.41) is 9.41. The first-order valence-electron chi connectivity index (χ1n) is 5.26. The number of benzene rings is 1. The molecule has 0 fully saturated rings. The number of aromatic amines is 1. The fraction of sp³-hybridized carbons (Fsp3) is 0.250. The van der Waals surface area contributed by atoms with Crippen LogP contribution in [0.15, 0.2) is 18.3 Å². The number of halogens is 1. The molecule has 0 bridgehead atoms. The summed E-state index contributed by atoms with van der Waals surface area (Å²) in [5.41, 5.74) is 1.31. The Hall–Kier alpha value is -1.72. The van der Waals surface area contributed by atoms with Crippen LogP contribution in [-0.4, -0.2) is 29.3 Å². The summed E-state index contributed by atoms with van der Waals surface area (Å²) in [6.07, 6.45) is 1.56. The average molecular weight is 269 g/mol. The minimum absolute atomic E-state index is 0.0993. The third-order valence-corrected chi connectivity index (χ3v) is 2.91. The van der Waals surface area contributed by atoms with Gasteiger partial charge in [0.05, 0.1) is 37.7 Å². The highest BCUT2D eigenvalue weighted by Gasteiger charge is 2.16. The zero-order valence-corrected chi connectivity index (χ0v) is 10.8. The Labute approximate surface area is 109 Å². The van der Waals surface area contributed by atoms with Crippen LogP contribution in [0.2, 0.25) is 5.02 Å². The second-order valence-electron chi connectivity index (χ2n) is 3.58. The van der Waals surface area contributed by atoms with Gasteiger partial charge in [-0.3, -0.25) is 0 Å². The molecule has 0 radical (unpaired) electrons. The van der Waals surface area contributed by atoms with Crippen molar-refractivity contribution in [3.05, 3.63) is 29.0 Å². The number of nitrogens with one attached hydrogen (secondary N) is 1. The number of aliphatic hydroxyl groups is 1. The fourth-order valence-corrected chi connectivity index (χ4v) is 1.97. The van der Waals surface area contributed by atoms with E-state index in [4.69, 9.17) is 26.2 Å². The molecule has 1 aromatic heterocycles. The number of imidazole rings is 1. The van der Waals surface area contributed by atoms with Crippen molar-refractivity contribution < 1.29 is 14.6 Å². The predicted molar refractivity (Wildman–Crippen MR) is 68.1 cm³/mol. The van der Waals surface area contributed by atoms with E-state index < -0.39 is 0 Å². The Morgan fingerprint density at radius 2 is 2.11 bits per heavy atom. The first-order chi connectivity index (χ1) is 8.71. The smallest absolute Gasteiger partial charge is 0.180 e. The second-order valence-corrected chi connectivity index (χ2v) is 3.96. The van der Waals surface area contributed by atoms with E-state index in [1.807, 2.05) is 0 Å². The molecule has 0 saturated heterocycles. The maximum atomic E-state index is 9.00. The first-order valence-corrected chi connectivity index (χ1v) is 5.64. The highest BCUT2D eigenvalue weighted by Crippen LogP contribution is 2.40. The van der Waals surface area contributed by atoms with E-state index in [2.05, 4.69) is 9.97 Å². The highest BCUT2D eigenvalue weighted by atomic mass is 35.5. The number of nitrogens with zero attached hydrogens (tertiary/aromatic N) is 1. The van der Waals surface area contributed by atoms with Crippen LogP contribution in [0.3, 0.4) is 0 Å². The van der Waals surface area contributed by atoms with Gasteiger partial charge in [-0.15, -0.1) is 0 Å². The first kappa shape index (κ1) is 12.7. The van der Waals surface area contributed by atoms with Gasteiger partial charge in [0.2, 0.25) is 0 Å². The van der Waals surface area contributed by atoms with E-state index >= 15 is 0 Å². The Bertz CT molecular complexity index is 554. The van der Waals surface area contributed by atoms with Crippen molar-refractivity contribution in [2.24, 2.45) is 0 Å². The van der Waals surface area contributed by atoms with Gasteiger partial charge in [-0.05, 0) is 12.1 Å². The van der Waals surface area contributed by atoms with E-state index in [-0.39, 0.29) is 6.61 Å². The molecule has 0 aliphatic rings. The standard InChI is InChI=1S/C12H13ClN2O3/c1-17-9-4-3-8(10(13)11(9)18-2)12-14-5-7(6-16)15-12/h3-5,16H,6H2,1-2H3,(H,14,15). The summed E-state index contributed by atoms with van der Waals surface area (Å²) in [7, 11) is 3.07. The maximum absolute atomic E-state index is 9.00. The lowest BCUT2D eigenvalue weighted by Gasteiger charge is -2.11. The monoisotopic (exact) mass is 268 g/mol. The van der Waals surface area contributed by atoms with Crippen molar-refractivity contribution in [1.29, 1.82) is 0 Å². The lowest BCUT2D eigenvalue weighted by molar-refractivity contribution is 0.277. The Balaban J connectivity index is 2.51. The van der Waals surface area contributed by atoms with Gasteiger partial charge in [-0.1, -0.05) is 11.6 Å². The van der Waals surface area contributed by atoms with Crippen LogP contribution in [0.4, 0.5) is 0 Å². The van der Waals surface area contributed by atoms with Crippen LogP contribution in [0.1, 0.15) is 5.69 Å². The number of ether oxygens (including phenoxy) is 2. The molecule has 96 valence electrons. The molecular formula is C12H13ClN2O3. The quantitative estimate of drug-likeness (QED) is 0.892. The number of hydrogen-bond acceptors (Lipinski definition) is 4. The van der Waals surface area contributed by atoms with Crippen LogP contribution in [0.5, 0.6) is 11.5 Å². The molecule has 5 nitrogen and oxygen atoms in total. The summed E-state index contributed by atoms with van der Waals surface area (Å²) >= 11 is 6.25. The largest absolute Gasteiger partial charge is 0.493 e. The number of rotatable bonds is 4. The topological polar surface area (TPSA) is 67.4 Å². The second kappa shape index (κ2) is 5.29. The molecule has 0 atom stereocenters. The van der Waals surface area contributed by atoms with E-state index in [1.165, 1.54) is 7.11 Å². The van der Waals surface area contributed by atoms with Gasteiger partial charge in [0, 0.05) is 5.56 Å². The molecule has 1 heterocycles.